The lowest BCUT2D eigenvalue weighted by molar-refractivity contribution is 0.162. The molecule has 0 fully saturated rings. The van der Waals surface area contributed by atoms with E-state index >= 15 is 0 Å². The van der Waals surface area contributed by atoms with E-state index in [1.807, 2.05) is 70.2 Å². The first-order valence-electron chi connectivity index (χ1n) is 12.7. The molecule has 6 nitrogen and oxygen atoms in total. The first-order valence-corrected chi connectivity index (χ1v) is 12.7. The van der Waals surface area contributed by atoms with Crippen LogP contribution in [-0.2, 0) is 9.47 Å². The molecule has 0 aliphatic heterocycles. The first-order chi connectivity index (χ1) is 18.3. The van der Waals surface area contributed by atoms with Gasteiger partial charge >= 0.3 is 0 Å². The van der Waals surface area contributed by atoms with Crippen LogP contribution < -0.4 is 0 Å². The molecular weight excluding hydrogens is 480 g/mol. The molecule has 4 aromatic rings. The van der Waals surface area contributed by atoms with Crippen LogP contribution in [-0.4, -0.2) is 46.9 Å². The summed E-state index contributed by atoms with van der Waals surface area (Å²) in [6.45, 7) is 11.3. The summed E-state index contributed by atoms with van der Waals surface area (Å²) in [4.78, 5) is 0. The molecule has 0 atom stereocenters. The second kappa shape index (κ2) is 19.2. The second-order valence-electron chi connectivity index (χ2n) is 7.75. The molecule has 0 saturated carbocycles. The number of benzene rings is 4. The Kier molecular flexibility index (Phi) is 16.1. The predicted octanol–water partition coefficient (Wildman–Crippen LogP) is 7.62. The van der Waals surface area contributed by atoms with E-state index in [0.717, 1.165) is 48.7 Å². The maximum absolute atomic E-state index is 9.28. The van der Waals surface area contributed by atoms with Gasteiger partial charge in [0.05, 0.1) is 0 Å². The largest absolute Gasteiger partial charge is 0.508 e. The summed E-state index contributed by atoms with van der Waals surface area (Å²) < 4.78 is 9.67. The van der Waals surface area contributed by atoms with Crippen molar-refractivity contribution in [3.05, 3.63) is 97.1 Å². The van der Waals surface area contributed by atoms with Crippen LogP contribution in [0.1, 0.15) is 27.7 Å². The highest BCUT2D eigenvalue weighted by Crippen LogP contribution is 2.25. The lowest BCUT2D eigenvalue weighted by atomic mass is 10.1. The Hall–Kier alpha value is -4.00. The summed E-state index contributed by atoms with van der Waals surface area (Å²) in [7, 11) is 0. The average Bonchev–Trinajstić information content (AvgIpc) is 2.92. The van der Waals surface area contributed by atoms with Crippen LogP contribution in [0, 0.1) is 0 Å². The Morgan fingerprint density at radius 2 is 0.711 bits per heavy atom. The molecule has 4 N–H and O–H groups in total. The van der Waals surface area contributed by atoms with Crippen molar-refractivity contribution < 1.29 is 29.9 Å². The summed E-state index contributed by atoms with van der Waals surface area (Å²) in [5.74, 6) is 1.00. The maximum atomic E-state index is 9.28. The van der Waals surface area contributed by atoms with Gasteiger partial charge in [-0.1, -0.05) is 48.5 Å². The van der Waals surface area contributed by atoms with E-state index in [-0.39, 0.29) is 23.0 Å². The van der Waals surface area contributed by atoms with Gasteiger partial charge in [0.15, 0.2) is 0 Å². The van der Waals surface area contributed by atoms with Crippen molar-refractivity contribution in [2.45, 2.75) is 27.7 Å². The van der Waals surface area contributed by atoms with Crippen LogP contribution >= 0.6 is 0 Å². The summed E-state index contributed by atoms with van der Waals surface area (Å²) >= 11 is 0. The molecular formula is C32H40O6. The highest BCUT2D eigenvalue weighted by molar-refractivity contribution is 5.66. The zero-order valence-corrected chi connectivity index (χ0v) is 22.7. The molecule has 0 heterocycles. The van der Waals surface area contributed by atoms with Gasteiger partial charge in [0.25, 0.3) is 0 Å². The van der Waals surface area contributed by atoms with E-state index in [1.54, 1.807) is 54.6 Å². The molecule has 0 unspecified atom stereocenters. The molecule has 0 amide bonds. The van der Waals surface area contributed by atoms with Gasteiger partial charge in [-0.25, -0.2) is 0 Å². The van der Waals surface area contributed by atoms with Crippen molar-refractivity contribution in [3.8, 4) is 45.3 Å². The minimum Gasteiger partial charge on any atom is -0.508 e. The van der Waals surface area contributed by atoms with Gasteiger partial charge < -0.3 is 29.9 Å². The van der Waals surface area contributed by atoms with Crippen LogP contribution in [0.3, 0.4) is 0 Å². The Morgan fingerprint density at radius 3 is 0.974 bits per heavy atom. The third-order valence-corrected chi connectivity index (χ3v) is 4.93. The molecule has 0 spiro atoms. The molecule has 0 bridgehead atoms. The lowest BCUT2D eigenvalue weighted by Crippen LogP contribution is -1.84. The zero-order chi connectivity index (χ0) is 28.2. The van der Waals surface area contributed by atoms with Crippen LogP contribution in [0.2, 0.25) is 0 Å². The quantitative estimate of drug-likeness (QED) is 0.209. The van der Waals surface area contributed by atoms with Gasteiger partial charge in [0.2, 0.25) is 0 Å². The Labute approximate surface area is 226 Å². The highest BCUT2D eigenvalue weighted by Gasteiger charge is 1.98. The average molecular weight is 521 g/mol. The predicted molar refractivity (Wildman–Crippen MR) is 155 cm³/mol. The second-order valence-corrected chi connectivity index (χ2v) is 7.75. The van der Waals surface area contributed by atoms with E-state index in [1.165, 1.54) is 0 Å². The van der Waals surface area contributed by atoms with Crippen molar-refractivity contribution in [3.63, 3.8) is 0 Å². The molecule has 0 aliphatic rings. The summed E-state index contributed by atoms with van der Waals surface area (Å²) in [6, 6.07) is 27.8. The van der Waals surface area contributed by atoms with Crippen molar-refractivity contribution in [2.24, 2.45) is 0 Å². The maximum Gasteiger partial charge on any atom is 0.116 e. The zero-order valence-electron chi connectivity index (χ0n) is 22.7. The van der Waals surface area contributed by atoms with E-state index in [9.17, 15) is 5.11 Å². The minimum absolute atomic E-state index is 0.244. The topological polar surface area (TPSA) is 99.4 Å². The highest BCUT2D eigenvalue weighted by atomic mass is 16.5. The SMILES string of the molecule is CCOCC.CCOCC.Oc1ccc(-c2ccc(O)cc2)cc1.Oc1ccc(-c2cccc(O)c2)cc1. The molecule has 0 saturated heterocycles. The van der Waals surface area contributed by atoms with Crippen molar-refractivity contribution in [2.75, 3.05) is 26.4 Å². The van der Waals surface area contributed by atoms with Crippen molar-refractivity contribution in [1.82, 2.24) is 0 Å². The lowest BCUT2D eigenvalue weighted by Gasteiger charge is -2.01. The van der Waals surface area contributed by atoms with E-state index in [0.29, 0.717) is 0 Å². The van der Waals surface area contributed by atoms with Gasteiger partial charge in [0, 0.05) is 26.4 Å². The van der Waals surface area contributed by atoms with Gasteiger partial charge in [-0.3, -0.25) is 0 Å². The number of ether oxygens (including phenoxy) is 2. The molecule has 4 aromatic carbocycles. The van der Waals surface area contributed by atoms with Gasteiger partial charge in [-0.15, -0.1) is 0 Å². The van der Waals surface area contributed by atoms with E-state index in [2.05, 4.69) is 0 Å². The Bertz CT molecular complexity index is 1070. The molecule has 0 aliphatic carbocycles. The summed E-state index contributed by atoms with van der Waals surface area (Å²) in [5.41, 5.74) is 3.94. The third-order valence-electron chi connectivity index (χ3n) is 4.93. The number of phenolic OH excluding ortho intramolecular Hbond substituents is 4. The number of phenols is 4. The number of rotatable bonds is 6. The third kappa shape index (κ3) is 13.3. The number of hydrogen-bond acceptors (Lipinski definition) is 6. The van der Waals surface area contributed by atoms with Crippen molar-refractivity contribution in [1.29, 1.82) is 0 Å². The summed E-state index contributed by atoms with van der Waals surface area (Å²) in [5, 5.41) is 36.6. The fourth-order valence-electron chi connectivity index (χ4n) is 3.06. The summed E-state index contributed by atoms with van der Waals surface area (Å²) in [6.07, 6.45) is 0. The minimum atomic E-state index is 0.244. The van der Waals surface area contributed by atoms with E-state index in [4.69, 9.17) is 24.8 Å². The van der Waals surface area contributed by atoms with Crippen LogP contribution in [0.25, 0.3) is 22.3 Å². The fraction of sp³-hybridized carbons (Fsp3) is 0.250. The molecule has 0 aromatic heterocycles. The van der Waals surface area contributed by atoms with Crippen LogP contribution in [0.5, 0.6) is 23.0 Å². The van der Waals surface area contributed by atoms with Gasteiger partial charge in [0.1, 0.15) is 23.0 Å². The molecule has 6 heteroatoms. The molecule has 0 radical (unpaired) electrons. The standard InChI is InChI=1S/2C12H10O2.2C4H10O/c13-11-5-1-9(2-6-11)10-3-7-12(14)8-4-10;13-11-6-4-9(5-7-11)10-2-1-3-12(14)8-10;2*1-3-5-4-2/h2*1-8,13-14H;2*3-4H2,1-2H3. The van der Waals surface area contributed by atoms with Gasteiger partial charge in [-0.2, -0.15) is 0 Å². The van der Waals surface area contributed by atoms with Crippen LogP contribution in [0.15, 0.2) is 97.1 Å². The Morgan fingerprint density at radius 1 is 0.395 bits per heavy atom. The monoisotopic (exact) mass is 520 g/mol. The number of hydrogen-bond donors (Lipinski definition) is 4. The molecule has 204 valence electrons. The first kappa shape index (κ1) is 32.0. The number of aromatic hydroxyl groups is 4. The Balaban J connectivity index is 0.000000284. The van der Waals surface area contributed by atoms with Crippen molar-refractivity contribution >= 4 is 0 Å². The van der Waals surface area contributed by atoms with Gasteiger partial charge in [-0.05, 0) is 98.5 Å². The smallest absolute Gasteiger partial charge is 0.116 e. The van der Waals surface area contributed by atoms with E-state index < -0.39 is 0 Å². The normalized spacial score (nSPS) is 9.58. The molecule has 38 heavy (non-hydrogen) atoms. The fourth-order valence-corrected chi connectivity index (χ4v) is 3.06. The molecule has 4 rings (SSSR count). The van der Waals surface area contributed by atoms with Crippen LogP contribution in [0.4, 0.5) is 0 Å².